The van der Waals surface area contributed by atoms with Crippen molar-refractivity contribution in [1.29, 1.82) is 5.26 Å². The normalized spacial score (nSPS) is 9.50. The van der Waals surface area contributed by atoms with Crippen LogP contribution in [0.2, 0.25) is 0 Å². The van der Waals surface area contributed by atoms with Crippen LogP contribution in [-0.4, -0.2) is 11.9 Å². The number of nitrogens with zero attached hydrogens (tertiary/aromatic N) is 1. The fourth-order valence-corrected chi connectivity index (χ4v) is 1.35. The predicted octanol–water partition coefficient (Wildman–Crippen LogP) is 3.03. The van der Waals surface area contributed by atoms with E-state index in [0.717, 1.165) is 23.1 Å². The van der Waals surface area contributed by atoms with Gasteiger partial charge in [-0.05, 0) is 37.1 Å². The molecule has 1 aromatic rings. The Balaban J connectivity index is 2.65. The number of hydrogen-bond donors (Lipinski definition) is 0. The van der Waals surface area contributed by atoms with Crippen LogP contribution in [0.3, 0.4) is 0 Å². The second-order valence-electron chi connectivity index (χ2n) is 2.98. The summed E-state index contributed by atoms with van der Waals surface area (Å²) >= 11 is 3.34. The molecular formula is C11H12BrNO. The lowest BCUT2D eigenvalue weighted by atomic mass is 10.1. The third-order valence-electron chi connectivity index (χ3n) is 1.84. The molecule has 0 unspecified atom stereocenters. The van der Waals surface area contributed by atoms with E-state index in [-0.39, 0.29) is 0 Å². The molecule has 1 aromatic carbocycles. The molecule has 74 valence electrons. The van der Waals surface area contributed by atoms with Crippen LogP contribution in [0.25, 0.3) is 0 Å². The molecule has 0 saturated heterocycles. The number of halogens is 1. The van der Waals surface area contributed by atoms with Gasteiger partial charge in [0.25, 0.3) is 0 Å². The highest BCUT2D eigenvalue weighted by Crippen LogP contribution is 2.18. The van der Waals surface area contributed by atoms with Crippen LogP contribution in [0, 0.1) is 18.3 Å². The first-order chi connectivity index (χ1) is 6.77. The quantitative estimate of drug-likeness (QED) is 0.611. The molecule has 0 aliphatic carbocycles. The summed E-state index contributed by atoms with van der Waals surface area (Å²) in [6.07, 6.45) is 0.986. The first kappa shape index (κ1) is 11.1. The molecule has 0 spiro atoms. The summed E-state index contributed by atoms with van der Waals surface area (Å²) in [6.45, 7) is 2.66. The monoisotopic (exact) mass is 253 g/mol. The van der Waals surface area contributed by atoms with E-state index in [2.05, 4.69) is 22.0 Å². The Morgan fingerprint density at radius 1 is 1.50 bits per heavy atom. The molecule has 0 radical (unpaired) electrons. The first-order valence-corrected chi connectivity index (χ1v) is 5.59. The maximum atomic E-state index is 8.67. The largest absolute Gasteiger partial charge is 0.493 e. The predicted molar refractivity (Wildman–Crippen MR) is 59.8 cm³/mol. The fourth-order valence-electron chi connectivity index (χ4n) is 1.12. The van der Waals surface area contributed by atoms with Crippen molar-refractivity contribution < 1.29 is 4.74 Å². The minimum Gasteiger partial charge on any atom is -0.493 e. The van der Waals surface area contributed by atoms with E-state index >= 15 is 0 Å². The molecule has 0 fully saturated rings. The van der Waals surface area contributed by atoms with Gasteiger partial charge in [0.1, 0.15) is 5.75 Å². The highest BCUT2D eigenvalue weighted by atomic mass is 79.9. The highest BCUT2D eigenvalue weighted by molar-refractivity contribution is 9.09. The van der Waals surface area contributed by atoms with E-state index in [1.807, 2.05) is 19.1 Å². The van der Waals surface area contributed by atoms with E-state index in [4.69, 9.17) is 10.00 Å². The van der Waals surface area contributed by atoms with Gasteiger partial charge < -0.3 is 4.74 Å². The molecule has 0 bridgehead atoms. The zero-order valence-electron chi connectivity index (χ0n) is 8.09. The minimum atomic E-state index is 0.676. The summed E-state index contributed by atoms with van der Waals surface area (Å²) in [5.74, 6) is 0.866. The van der Waals surface area contributed by atoms with Crippen molar-refractivity contribution in [3.8, 4) is 11.8 Å². The Hall–Kier alpha value is -1.01. The molecule has 0 amide bonds. The van der Waals surface area contributed by atoms with Crippen molar-refractivity contribution in [2.24, 2.45) is 0 Å². The van der Waals surface area contributed by atoms with Crippen molar-refractivity contribution in [1.82, 2.24) is 0 Å². The lowest BCUT2D eigenvalue weighted by Gasteiger charge is -2.07. The number of benzene rings is 1. The highest BCUT2D eigenvalue weighted by Gasteiger charge is 2.00. The summed E-state index contributed by atoms with van der Waals surface area (Å²) in [4.78, 5) is 0. The minimum absolute atomic E-state index is 0.676. The molecule has 0 aromatic heterocycles. The van der Waals surface area contributed by atoms with E-state index in [9.17, 15) is 0 Å². The number of aryl methyl sites for hydroxylation is 1. The number of nitriles is 1. The van der Waals surface area contributed by atoms with Crippen LogP contribution in [-0.2, 0) is 0 Å². The molecule has 0 N–H and O–H groups in total. The van der Waals surface area contributed by atoms with Gasteiger partial charge >= 0.3 is 0 Å². The molecular weight excluding hydrogens is 242 g/mol. The summed E-state index contributed by atoms with van der Waals surface area (Å²) < 4.78 is 5.54. The van der Waals surface area contributed by atoms with Crippen molar-refractivity contribution in [2.45, 2.75) is 13.3 Å². The Morgan fingerprint density at radius 3 is 2.86 bits per heavy atom. The van der Waals surface area contributed by atoms with Crippen LogP contribution >= 0.6 is 15.9 Å². The first-order valence-electron chi connectivity index (χ1n) is 4.47. The van der Waals surface area contributed by atoms with Crippen LogP contribution in [0.4, 0.5) is 0 Å². The van der Waals surface area contributed by atoms with E-state index in [0.29, 0.717) is 12.2 Å². The van der Waals surface area contributed by atoms with Gasteiger partial charge in [0.05, 0.1) is 18.2 Å². The van der Waals surface area contributed by atoms with Gasteiger partial charge in [-0.3, -0.25) is 0 Å². The van der Waals surface area contributed by atoms with Crippen molar-refractivity contribution in [3.63, 3.8) is 0 Å². The SMILES string of the molecule is Cc1cc(C#N)ccc1OCCCBr. The van der Waals surface area contributed by atoms with E-state index in [1.54, 1.807) is 6.07 Å². The van der Waals surface area contributed by atoms with Crippen molar-refractivity contribution >= 4 is 15.9 Å². The van der Waals surface area contributed by atoms with Crippen molar-refractivity contribution in [3.05, 3.63) is 29.3 Å². The molecule has 0 atom stereocenters. The van der Waals surface area contributed by atoms with Gasteiger partial charge in [-0.1, -0.05) is 15.9 Å². The van der Waals surface area contributed by atoms with Crippen LogP contribution in [0.15, 0.2) is 18.2 Å². The van der Waals surface area contributed by atoms with Crippen LogP contribution in [0.5, 0.6) is 5.75 Å². The summed E-state index contributed by atoms with van der Waals surface area (Å²) in [5.41, 5.74) is 1.69. The van der Waals surface area contributed by atoms with Crippen molar-refractivity contribution in [2.75, 3.05) is 11.9 Å². The average Bonchev–Trinajstić information content (AvgIpc) is 2.20. The smallest absolute Gasteiger partial charge is 0.122 e. The molecule has 0 saturated carbocycles. The molecule has 0 aliphatic rings. The lowest BCUT2D eigenvalue weighted by molar-refractivity contribution is 0.317. The number of rotatable bonds is 4. The van der Waals surface area contributed by atoms with Crippen LogP contribution < -0.4 is 4.74 Å². The second-order valence-corrected chi connectivity index (χ2v) is 3.78. The number of hydrogen-bond acceptors (Lipinski definition) is 2. The lowest BCUT2D eigenvalue weighted by Crippen LogP contribution is -1.99. The van der Waals surface area contributed by atoms with Gasteiger partial charge in [0.15, 0.2) is 0 Å². The fraction of sp³-hybridized carbons (Fsp3) is 0.364. The zero-order valence-corrected chi connectivity index (χ0v) is 9.67. The Kier molecular flexibility index (Phi) is 4.48. The molecule has 14 heavy (non-hydrogen) atoms. The van der Waals surface area contributed by atoms with Gasteiger partial charge in [0.2, 0.25) is 0 Å². The standard InChI is InChI=1S/C11H12BrNO/c1-9-7-10(8-13)3-4-11(9)14-6-2-5-12/h3-4,7H,2,5-6H2,1H3. The van der Waals surface area contributed by atoms with Gasteiger partial charge in [-0.2, -0.15) is 5.26 Å². The summed E-state index contributed by atoms with van der Waals surface area (Å²) in [5, 5.41) is 9.62. The van der Waals surface area contributed by atoms with E-state index < -0.39 is 0 Å². The van der Waals surface area contributed by atoms with Gasteiger partial charge in [-0.25, -0.2) is 0 Å². The maximum Gasteiger partial charge on any atom is 0.122 e. The number of ether oxygens (including phenoxy) is 1. The third-order valence-corrected chi connectivity index (χ3v) is 2.40. The zero-order chi connectivity index (χ0) is 10.4. The molecule has 2 nitrogen and oxygen atoms in total. The molecule has 3 heteroatoms. The molecule has 1 rings (SSSR count). The van der Waals surface area contributed by atoms with E-state index in [1.165, 1.54) is 0 Å². The second kappa shape index (κ2) is 5.66. The Morgan fingerprint density at radius 2 is 2.29 bits per heavy atom. The maximum absolute atomic E-state index is 8.67. The summed E-state index contributed by atoms with van der Waals surface area (Å²) in [6, 6.07) is 7.56. The Bertz CT molecular complexity index is 344. The molecule has 0 heterocycles. The number of alkyl halides is 1. The third kappa shape index (κ3) is 3.04. The van der Waals surface area contributed by atoms with Gasteiger partial charge in [0, 0.05) is 5.33 Å². The summed E-state index contributed by atoms with van der Waals surface area (Å²) in [7, 11) is 0. The van der Waals surface area contributed by atoms with Crippen LogP contribution in [0.1, 0.15) is 17.5 Å². The van der Waals surface area contributed by atoms with Gasteiger partial charge in [-0.15, -0.1) is 0 Å². The Labute approximate surface area is 92.6 Å². The topological polar surface area (TPSA) is 33.0 Å². The average molecular weight is 254 g/mol. The molecule has 0 aliphatic heterocycles.